The van der Waals surface area contributed by atoms with Gasteiger partial charge in [-0.1, -0.05) is 19.8 Å². The molecule has 0 fully saturated rings. The molecule has 0 N–H and O–H groups in total. The molecule has 3 nitrogen and oxygen atoms in total. The highest BCUT2D eigenvalue weighted by atomic mass is 79.9. The van der Waals surface area contributed by atoms with Crippen molar-refractivity contribution in [3.05, 3.63) is 15.9 Å². The Kier molecular flexibility index (Phi) is 7.08. The van der Waals surface area contributed by atoms with Crippen molar-refractivity contribution in [3.8, 4) is 0 Å². The largest absolute Gasteiger partial charge is 0.295 e. The highest BCUT2D eigenvalue weighted by Gasteiger charge is 2.17. The van der Waals surface area contributed by atoms with E-state index in [0.29, 0.717) is 6.04 Å². The van der Waals surface area contributed by atoms with Crippen LogP contribution in [0.3, 0.4) is 0 Å². The van der Waals surface area contributed by atoms with Gasteiger partial charge in [0.1, 0.15) is 0 Å². The molecular weight excluding hydrogens is 302 g/mol. The predicted molar refractivity (Wildman–Crippen MR) is 85.4 cm³/mol. The summed E-state index contributed by atoms with van der Waals surface area (Å²) in [5.74, 6) is 0. The summed E-state index contributed by atoms with van der Waals surface area (Å²) >= 11 is 3.69. The second kappa shape index (κ2) is 8.05. The minimum Gasteiger partial charge on any atom is -0.295 e. The lowest BCUT2D eigenvalue weighted by atomic mass is 10.2. The van der Waals surface area contributed by atoms with E-state index in [4.69, 9.17) is 0 Å². The van der Waals surface area contributed by atoms with Gasteiger partial charge >= 0.3 is 0 Å². The fourth-order valence-corrected chi connectivity index (χ4v) is 2.71. The van der Waals surface area contributed by atoms with Gasteiger partial charge in [-0.15, -0.1) is 0 Å². The third-order valence-corrected chi connectivity index (χ3v) is 4.62. The molecule has 0 atom stereocenters. The van der Waals surface area contributed by atoms with Crippen molar-refractivity contribution >= 4 is 15.9 Å². The second-order valence-corrected chi connectivity index (χ2v) is 6.23. The fraction of sp³-hybridized carbons (Fsp3) is 0.800. The zero-order valence-corrected chi connectivity index (χ0v) is 14.6. The highest BCUT2D eigenvalue weighted by molar-refractivity contribution is 9.10. The summed E-state index contributed by atoms with van der Waals surface area (Å²) < 4.78 is 3.30. The standard InChI is InChI=1S/C15H28BrN3/c1-6-8-9-10-18(12(3)4)11-14-15(16)13(5)17-19(14)7-2/h12H,6-11H2,1-5H3. The van der Waals surface area contributed by atoms with E-state index in [1.807, 2.05) is 0 Å². The molecular formula is C15H28BrN3. The first-order chi connectivity index (χ1) is 9.01. The first kappa shape index (κ1) is 16.7. The van der Waals surface area contributed by atoms with Gasteiger partial charge in [0, 0.05) is 19.1 Å². The summed E-state index contributed by atoms with van der Waals surface area (Å²) in [4.78, 5) is 2.54. The van der Waals surface area contributed by atoms with Gasteiger partial charge in [-0.3, -0.25) is 9.58 Å². The first-order valence-electron chi connectivity index (χ1n) is 7.47. The second-order valence-electron chi connectivity index (χ2n) is 5.43. The Morgan fingerprint density at radius 3 is 2.47 bits per heavy atom. The average molecular weight is 330 g/mol. The predicted octanol–water partition coefficient (Wildman–Crippen LogP) is 4.37. The number of aromatic nitrogens is 2. The molecule has 1 aromatic rings. The Balaban J connectivity index is 2.78. The number of hydrogen-bond acceptors (Lipinski definition) is 2. The zero-order chi connectivity index (χ0) is 14.4. The molecule has 0 saturated heterocycles. The first-order valence-corrected chi connectivity index (χ1v) is 8.26. The molecule has 0 bridgehead atoms. The van der Waals surface area contributed by atoms with Crippen LogP contribution in [0.2, 0.25) is 0 Å². The van der Waals surface area contributed by atoms with Crippen molar-refractivity contribution in [2.45, 2.75) is 73.0 Å². The molecule has 0 unspecified atom stereocenters. The molecule has 0 aromatic carbocycles. The molecule has 0 amide bonds. The summed E-state index contributed by atoms with van der Waals surface area (Å²) in [6.45, 7) is 14.1. The third-order valence-electron chi connectivity index (χ3n) is 3.58. The lowest BCUT2D eigenvalue weighted by molar-refractivity contribution is 0.202. The van der Waals surface area contributed by atoms with E-state index in [1.54, 1.807) is 0 Å². The SMILES string of the molecule is CCCCCN(Cc1c(Br)c(C)nn1CC)C(C)C. The van der Waals surface area contributed by atoms with Crippen molar-refractivity contribution in [2.75, 3.05) is 6.54 Å². The van der Waals surface area contributed by atoms with E-state index in [2.05, 4.69) is 65.2 Å². The minimum absolute atomic E-state index is 0.573. The summed E-state index contributed by atoms with van der Waals surface area (Å²) in [5, 5.41) is 4.58. The van der Waals surface area contributed by atoms with Crippen LogP contribution in [0.1, 0.15) is 58.3 Å². The number of aryl methyl sites for hydroxylation is 2. The Bertz CT molecular complexity index is 385. The van der Waals surface area contributed by atoms with Gasteiger partial charge in [-0.05, 0) is 56.6 Å². The van der Waals surface area contributed by atoms with Crippen molar-refractivity contribution in [3.63, 3.8) is 0 Å². The fourth-order valence-electron chi connectivity index (χ4n) is 2.30. The molecule has 0 radical (unpaired) electrons. The number of nitrogens with zero attached hydrogens (tertiary/aromatic N) is 3. The van der Waals surface area contributed by atoms with E-state index in [0.717, 1.165) is 18.8 Å². The Morgan fingerprint density at radius 2 is 1.95 bits per heavy atom. The maximum Gasteiger partial charge on any atom is 0.0739 e. The molecule has 0 spiro atoms. The summed E-state index contributed by atoms with van der Waals surface area (Å²) in [6, 6.07) is 0.573. The van der Waals surface area contributed by atoms with E-state index in [-0.39, 0.29) is 0 Å². The number of unbranched alkanes of at least 4 members (excludes halogenated alkanes) is 2. The topological polar surface area (TPSA) is 21.1 Å². The number of hydrogen-bond donors (Lipinski definition) is 0. The van der Waals surface area contributed by atoms with Gasteiger partial charge in [0.15, 0.2) is 0 Å². The molecule has 19 heavy (non-hydrogen) atoms. The monoisotopic (exact) mass is 329 g/mol. The maximum atomic E-state index is 4.58. The van der Waals surface area contributed by atoms with Crippen LogP contribution < -0.4 is 0 Å². The maximum absolute atomic E-state index is 4.58. The zero-order valence-electron chi connectivity index (χ0n) is 13.0. The van der Waals surface area contributed by atoms with Crippen molar-refractivity contribution in [2.24, 2.45) is 0 Å². The smallest absolute Gasteiger partial charge is 0.0739 e. The van der Waals surface area contributed by atoms with Gasteiger partial charge in [-0.2, -0.15) is 5.10 Å². The molecule has 0 saturated carbocycles. The van der Waals surface area contributed by atoms with Crippen LogP contribution in [-0.2, 0) is 13.1 Å². The van der Waals surface area contributed by atoms with Crippen LogP contribution in [0, 0.1) is 6.92 Å². The van der Waals surface area contributed by atoms with Gasteiger partial charge < -0.3 is 0 Å². The lowest BCUT2D eigenvalue weighted by Gasteiger charge is -2.26. The molecule has 4 heteroatoms. The third kappa shape index (κ3) is 4.60. The molecule has 0 aliphatic heterocycles. The van der Waals surface area contributed by atoms with Crippen molar-refractivity contribution < 1.29 is 0 Å². The molecule has 1 aromatic heterocycles. The Morgan fingerprint density at radius 1 is 1.26 bits per heavy atom. The molecule has 110 valence electrons. The normalized spacial score (nSPS) is 11.8. The van der Waals surface area contributed by atoms with Crippen LogP contribution in [0.15, 0.2) is 4.47 Å². The van der Waals surface area contributed by atoms with Crippen LogP contribution in [0.4, 0.5) is 0 Å². The van der Waals surface area contributed by atoms with Gasteiger partial charge in [0.25, 0.3) is 0 Å². The van der Waals surface area contributed by atoms with Crippen LogP contribution in [-0.4, -0.2) is 27.3 Å². The van der Waals surface area contributed by atoms with E-state index >= 15 is 0 Å². The molecule has 0 aliphatic carbocycles. The molecule has 1 rings (SSSR count). The summed E-state index contributed by atoms with van der Waals surface area (Å²) in [7, 11) is 0. The molecule has 1 heterocycles. The van der Waals surface area contributed by atoms with E-state index < -0.39 is 0 Å². The van der Waals surface area contributed by atoms with Crippen molar-refractivity contribution in [1.29, 1.82) is 0 Å². The van der Waals surface area contributed by atoms with E-state index in [9.17, 15) is 0 Å². The van der Waals surface area contributed by atoms with Gasteiger partial charge in [0.2, 0.25) is 0 Å². The quantitative estimate of drug-likeness (QED) is 0.660. The van der Waals surface area contributed by atoms with Gasteiger partial charge in [0.05, 0.1) is 15.9 Å². The molecule has 0 aliphatic rings. The number of rotatable bonds is 8. The summed E-state index contributed by atoms with van der Waals surface area (Å²) in [5.41, 5.74) is 2.40. The van der Waals surface area contributed by atoms with Crippen LogP contribution in [0.5, 0.6) is 0 Å². The minimum atomic E-state index is 0.573. The van der Waals surface area contributed by atoms with Crippen LogP contribution >= 0.6 is 15.9 Å². The highest BCUT2D eigenvalue weighted by Crippen LogP contribution is 2.23. The van der Waals surface area contributed by atoms with Crippen molar-refractivity contribution in [1.82, 2.24) is 14.7 Å². The van der Waals surface area contributed by atoms with Crippen LogP contribution in [0.25, 0.3) is 0 Å². The van der Waals surface area contributed by atoms with Gasteiger partial charge in [-0.25, -0.2) is 0 Å². The summed E-state index contributed by atoms with van der Waals surface area (Å²) in [6.07, 6.45) is 3.88. The Hall–Kier alpha value is -0.350. The average Bonchev–Trinajstić information content (AvgIpc) is 2.64. The lowest BCUT2D eigenvalue weighted by Crippen LogP contribution is -2.32. The number of halogens is 1. The van der Waals surface area contributed by atoms with E-state index in [1.165, 1.54) is 36.0 Å². The Labute approximate surface area is 126 Å².